The van der Waals surface area contributed by atoms with Gasteiger partial charge in [-0.25, -0.2) is 9.67 Å². The molecule has 0 saturated carbocycles. The first-order valence-electron chi connectivity index (χ1n) is 7.55. The molecule has 0 aliphatic rings. The van der Waals surface area contributed by atoms with Crippen LogP contribution in [0, 0.1) is 0 Å². The highest BCUT2D eigenvalue weighted by atomic mass is 16.2. The van der Waals surface area contributed by atoms with Crippen molar-refractivity contribution in [2.75, 3.05) is 0 Å². The lowest BCUT2D eigenvalue weighted by Gasteiger charge is -2.18. The first kappa shape index (κ1) is 15.8. The Morgan fingerprint density at radius 1 is 1.12 bits per heavy atom. The lowest BCUT2D eigenvalue weighted by atomic mass is 10.1. The summed E-state index contributed by atoms with van der Waals surface area (Å²) in [7, 11) is 0. The summed E-state index contributed by atoms with van der Waals surface area (Å²) in [6, 6.07) is 9.15. The number of carbonyl (C=O) groups is 1. The van der Waals surface area contributed by atoms with Gasteiger partial charge in [0.2, 0.25) is 5.82 Å². The zero-order chi connectivity index (χ0) is 17.2. The Balaban J connectivity index is 2.08. The molecule has 3 rings (SSSR count). The Morgan fingerprint density at radius 2 is 1.96 bits per heavy atom. The van der Waals surface area contributed by atoms with Crippen LogP contribution in [0.25, 0.3) is 17.2 Å². The van der Waals surface area contributed by atoms with Crippen molar-refractivity contribution >= 4 is 5.91 Å². The van der Waals surface area contributed by atoms with E-state index in [9.17, 15) is 4.79 Å². The molecule has 122 valence electrons. The van der Waals surface area contributed by atoms with Crippen LogP contribution in [0.5, 0.6) is 0 Å². The molecule has 7 nitrogen and oxygen atoms in total. The summed E-state index contributed by atoms with van der Waals surface area (Å²) in [4.78, 5) is 25.2. The Bertz CT molecular complexity index is 780. The van der Waals surface area contributed by atoms with Crippen LogP contribution in [-0.4, -0.2) is 36.2 Å². The fraction of sp³-hybridized carbons (Fsp3) is 0.235. The van der Waals surface area contributed by atoms with E-state index in [0.29, 0.717) is 17.2 Å². The monoisotopic (exact) mass is 322 g/mol. The first-order chi connectivity index (χ1) is 11.4. The molecule has 0 aromatic carbocycles. The summed E-state index contributed by atoms with van der Waals surface area (Å²) >= 11 is 0. The van der Waals surface area contributed by atoms with Crippen LogP contribution in [0.3, 0.4) is 0 Å². The maximum atomic E-state index is 12.4. The minimum Gasteiger partial charge on any atom is -0.345 e. The van der Waals surface area contributed by atoms with Crippen molar-refractivity contribution in [3.05, 3.63) is 54.7 Å². The quantitative estimate of drug-likeness (QED) is 0.799. The standard InChI is InChI=1S/C17H18N6O/c1-17(2,3)21-16(24)14-20-15(13-8-4-5-10-19-13)23(22-14)12-7-6-9-18-11-12/h4-11H,1-3H3,(H,21,24). The van der Waals surface area contributed by atoms with Gasteiger partial charge in [-0.3, -0.25) is 14.8 Å². The Kier molecular flexibility index (Phi) is 4.07. The van der Waals surface area contributed by atoms with E-state index in [1.54, 1.807) is 29.3 Å². The van der Waals surface area contributed by atoms with Gasteiger partial charge in [0.1, 0.15) is 5.69 Å². The number of nitrogens with one attached hydrogen (secondary N) is 1. The maximum Gasteiger partial charge on any atom is 0.291 e. The predicted octanol–water partition coefficient (Wildman–Crippen LogP) is 2.25. The smallest absolute Gasteiger partial charge is 0.291 e. The lowest BCUT2D eigenvalue weighted by Crippen LogP contribution is -2.41. The molecule has 0 unspecified atom stereocenters. The molecule has 1 N–H and O–H groups in total. The van der Waals surface area contributed by atoms with Gasteiger partial charge in [0, 0.05) is 17.9 Å². The van der Waals surface area contributed by atoms with Gasteiger partial charge < -0.3 is 5.32 Å². The molecule has 0 radical (unpaired) electrons. The van der Waals surface area contributed by atoms with Crippen molar-refractivity contribution in [2.45, 2.75) is 26.3 Å². The normalized spacial score (nSPS) is 11.3. The van der Waals surface area contributed by atoms with Gasteiger partial charge in [-0.1, -0.05) is 6.07 Å². The molecule has 7 heteroatoms. The maximum absolute atomic E-state index is 12.4. The zero-order valence-electron chi connectivity index (χ0n) is 13.8. The molecule has 1 amide bonds. The van der Waals surface area contributed by atoms with E-state index in [1.807, 2.05) is 45.0 Å². The molecule has 24 heavy (non-hydrogen) atoms. The fourth-order valence-corrected chi connectivity index (χ4v) is 2.12. The molecular weight excluding hydrogens is 304 g/mol. The van der Waals surface area contributed by atoms with Crippen LogP contribution in [0.1, 0.15) is 31.4 Å². The molecule has 0 spiro atoms. The number of amides is 1. The molecule has 0 saturated heterocycles. The van der Waals surface area contributed by atoms with E-state index in [1.165, 1.54) is 0 Å². The van der Waals surface area contributed by atoms with E-state index < -0.39 is 0 Å². The Morgan fingerprint density at radius 3 is 2.58 bits per heavy atom. The Hall–Kier alpha value is -3.09. The largest absolute Gasteiger partial charge is 0.345 e. The SMILES string of the molecule is CC(C)(C)NC(=O)c1nc(-c2ccccn2)n(-c2cccnc2)n1. The third-order valence-corrected chi connectivity index (χ3v) is 3.08. The average molecular weight is 322 g/mol. The molecule has 3 aromatic rings. The molecule has 0 fully saturated rings. The number of nitrogens with zero attached hydrogens (tertiary/aromatic N) is 5. The highest BCUT2D eigenvalue weighted by molar-refractivity contribution is 5.91. The van der Waals surface area contributed by atoms with Gasteiger partial charge >= 0.3 is 0 Å². The number of aromatic nitrogens is 5. The molecular formula is C17H18N6O. The van der Waals surface area contributed by atoms with Gasteiger partial charge in [-0.2, -0.15) is 0 Å². The summed E-state index contributed by atoms with van der Waals surface area (Å²) in [5.41, 5.74) is 0.964. The minimum atomic E-state index is -0.373. The molecule has 0 atom stereocenters. The van der Waals surface area contributed by atoms with Crippen LogP contribution in [0.2, 0.25) is 0 Å². The van der Waals surface area contributed by atoms with Crippen molar-refractivity contribution in [2.24, 2.45) is 0 Å². The Labute approximate surface area is 139 Å². The minimum absolute atomic E-state index is 0.0921. The van der Waals surface area contributed by atoms with Crippen LogP contribution in [0.4, 0.5) is 0 Å². The summed E-state index contributed by atoms with van der Waals surface area (Å²) in [6.07, 6.45) is 5.01. The summed E-state index contributed by atoms with van der Waals surface area (Å²) in [5, 5.41) is 7.22. The van der Waals surface area contributed by atoms with Crippen LogP contribution in [0.15, 0.2) is 48.9 Å². The van der Waals surface area contributed by atoms with Gasteiger partial charge in [0.25, 0.3) is 5.91 Å². The van der Waals surface area contributed by atoms with Crippen LogP contribution in [-0.2, 0) is 0 Å². The van der Waals surface area contributed by atoms with Crippen LogP contribution >= 0.6 is 0 Å². The van der Waals surface area contributed by atoms with Crippen LogP contribution < -0.4 is 5.32 Å². The molecule has 0 bridgehead atoms. The number of pyridine rings is 2. The fourth-order valence-electron chi connectivity index (χ4n) is 2.12. The van der Waals surface area contributed by atoms with Gasteiger partial charge in [-0.15, -0.1) is 5.10 Å². The third kappa shape index (κ3) is 3.45. The lowest BCUT2D eigenvalue weighted by molar-refractivity contribution is 0.0909. The third-order valence-electron chi connectivity index (χ3n) is 3.08. The average Bonchev–Trinajstić information content (AvgIpc) is 3.00. The highest BCUT2D eigenvalue weighted by Crippen LogP contribution is 2.18. The van der Waals surface area contributed by atoms with Gasteiger partial charge in [-0.05, 0) is 45.0 Å². The van der Waals surface area contributed by atoms with Crippen molar-refractivity contribution in [3.8, 4) is 17.2 Å². The van der Waals surface area contributed by atoms with E-state index in [4.69, 9.17) is 0 Å². The van der Waals surface area contributed by atoms with Crippen molar-refractivity contribution in [3.63, 3.8) is 0 Å². The number of rotatable bonds is 3. The number of hydrogen-bond acceptors (Lipinski definition) is 5. The van der Waals surface area contributed by atoms with Crippen molar-refractivity contribution in [1.29, 1.82) is 0 Å². The molecule has 3 aromatic heterocycles. The van der Waals surface area contributed by atoms with Crippen molar-refractivity contribution in [1.82, 2.24) is 30.0 Å². The van der Waals surface area contributed by atoms with Gasteiger partial charge in [0.15, 0.2) is 5.82 Å². The first-order valence-corrected chi connectivity index (χ1v) is 7.55. The highest BCUT2D eigenvalue weighted by Gasteiger charge is 2.22. The van der Waals surface area contributed by atoms with E-state index >= 15 is 0 Å². The molecule has 3 heterocycles. The van der Waals surface area contributed by atoms with E-state index in [-0.39, 0.29) is 17.3 Å². The summed E-state index contributed by atoms with van der Waals surface area (Å²) in [5.74, 6) is 0.249. The second-order valence-corrected chi connectivity index (χ2v) is 6.30. The molecule has 0 aliphatic carbocycles. The van der Waals surface area contributed by atoms with E-state index in [2.05, 4.69) is 25.4 Å². The number of carbonyl (C=O) groups excluding carboxylic acids is 1. The number of hydrogen-bond donors (Lipinski definition) is 1. The second-order valence-electron chi connectivity index (χ2n) is 6.30. The molecule has 0 aliphatic heterocycles. The second kappa shape index (κ2) is 6.19. The summed E-state index contributed by atoms with van der Waals surface area (Å²) in [6.45, 7) is 5.72. The van der Waals surface area contributed by atoms with Crippen molar-refractivity contribution < 1.29 is 4.79 Å². The predicted molar refractivity (Wildman–Crippen MR) is 89.6 cm³/mol. The topological polar surface area (TPSA) is 85.6 Å². The van der Waals surface area contributed by atoms with E-state index in [0.717, 1.165) is 0 Å². The zero-order valence-corrected chi connectivity index (χ0v) is 13.8. The van der Waals surface area contributed by atoms with Gasteiger partial charge in [0.05, 0.1) is 11.9 Å². The summed E-state index contributed by atoms with van der Waals surface area (Å²) < 4.78 is 1.58.